The largest absolute Gasteiger partial charge is 0.493 e. The summed E-state index contributed by atoms with van der Waals surface area (Å²) in [4.78, 5) is 29.9. The maximum Gasteiger partial charge on any atom is 0.245 e. The van der Waals surface area contributed by atoms with Crippen molar-refractivity contribution in [1.82, 2.24) is 25.3 Å². The van der Waals surface area contributed by atoms with Crippen LogP contribution in [0.5, 0.6) is 11.5 Å². The third-order valence-corrected chi connectivity index (χ3v) is 5.68. The van der Waals surface area contributed by atoms with Crippen molar-refractivity contribution >= 4 is 45.3 Å². The number of nitrogens with one attached hydrogen (secondary N) is 3. The van der Waals surface area contributed by atoms with Crippen LogP contribution in [0, 0.1) is 0 Å². The fourth-order valence-electron chi connectivity index (χ4n) is 3.65. The smallest absolute Gasteiger partial charge is 0.245 e. The second-order valence-electron chi connectivity index (χ2n) is 8.38. The number of aromatic nitrogens is 4. The highest BCUT2D eigenvalue weighted by Crippen LogP contribution is 2.37. The maximum absolute atomic E-state index is 12.8. The Morgan fingerprint density at radius 3 is 2.59 bits per heavy atom. The van der Waals surface area contributed by atoms with Crippen molar-refractivity contribution in [2.75, 3.05) is 26.1 Å². The summed E-state index contributed by atoms with van der Waals surface area (Å²) in [6, 6.07) is 5.40. The van der Waals surface area contributed by atoms with Crippen LogP contribution in [0.15, 0.2) is 30.6 Å². The molecule has 3 heterocycles. The van der Waals surface area contributed by atoms with Gasteiger partial charge in [0.1, 0.15) is 17.0 Å². The van der Waals surface area contributed by atoms with Crippen molar-refractivity contribution in [3.8, 4) is 22.9 Å². The Morgan fingerprint density at radius 2 is 1.88 bits per heavy atom. The summed E-state index contributed by atoms with van der Waals surface area (Å²) < 4.78 is 11.0. The lowest BCUT2D eigenvalue weighted by Gasteiger charge is -2.26. The number of amides is 1. The Hall–Kier alpha value is -3.59. The molecule has 0 aliphatic heterocycles. The molecule has 0 bridgehead atoms. The van der Waals surface area contributed by atoms with Gasteiger partial charge in [-0.1, -0.05) is 18.5 Å². The molecule has 0 spiro atoms. The quantitative estimate of drug-likeness (QED) is 0.308. The summed E-state index contributed by atoms with van der Waals surface area (Å²) in [6.07, 6.45) is 4.21. The molecule has 10 heteroatoms. The molecule has 3 N–H and O–H groups in total. The molecular weight excluding hydrogens is 456 g/mol. The van der Waals surface area contributed by atoms with Crippen LogP contribution in [0.4, 0.5) is 5.82 Å². The van der Waals surface area contributed by atoms with Crippen molar-refractivity contribution < 1.29 is 18.5 Å². The molecule has 184 valence electrons. The molecule has 0 fully saturated rings. The molecule has 0 saturated carbocycles. The van der Waals surface area contributed by atoms with Gasteiger partial charge in [0.25, 0.3) is 0 Å². The fraction of sp³-hybridized carbons (Fsp3) is 0.333. The van der Waals surface area contributed by atoms with Crippen molar-refractivity contribution in [3.63, 3.8) is 0 Å². The summed E-state index contributed by atoms with van der Waals surface area (Å²) in [7, 11) is 3.14. The van der Waals surface area contributed by atoms with Gasteiger partial charge in [0.2, 0.25) is 5.91 Å². The van der Waals surface area contributed by atoms with Crippen LogP contribution in [0.3, 0.4) is 0 Å². The third-order valence-electron chi connectivity index (χ3n) is 5.47. The van der Waals surface area contributed by atoms with E-state index in [1.54, 1.807) is 38.7 Å². The van der Waals surface area contributed by atoms with E-state index in [0.29, 0.717) is 51.3 Å². The predicted octanol–water partition coefficient (Wildman–Crippen LogP) is 5.30. The van der Waals surface area contributed by atoms with Crippen LogP contribution in [-0.2, 0) is 4.79 Å². The van der Waals surface area contributed by atoms with Gasteiger partial charge >= 0.3 is 0 Å². The Morgan fingerprint density at radius 1 is 1.15 bits per heavy atom. The van der Waals surface area contributed by atoms with Gasteiger partial charge in [-0.15, -0.1) is 0 Å². The monoisotopic (exact) mass is 488 g/mol. The molecule has 4 aromatic rings. The van der Waals surface area contributed by atoms with E-state index in [0.717, 1.165) is 17.4 Å². The zero-order valence-electron chi connectivity index (χ0n) is 19.7. The Balaban J connectivity index is 0.00000228. The zero-order valence-corrected chi connectivity index (χ0v) is 20.5. The fourth-order valence-corrected chi connectivity index (χ4v) is 3.80. The average molecular weight is 489 g/mol. The minimum atomic E-state index is -0.939. The summed E-state index contributed by atoms with van der Waals surface area (Å²) in [5.74, 6) is 1.87. The lowest BCUT2D eigenvalue weighted by Crippen LogP contribution is -2.48. The maximum atomic E-state index is 12.8. The van der Waals surface area contributed by atoms with Crippen LogP contribution in [0.1, 0.15) is 31.5 Å². The molecular formula is C24H33ClN6O3. The first-order valence-electron chi connectivity index (χ1n) is 10.9. The van der Waals surface area contributed by atoms with E-state index in [9.17, 15) is 4.79 Å². The van der Waals surface area contributed by atoms with Crippen LogP contribution >= 0.6 is 11.6 Å². The Labute approximate surface area is 206 Å². The molecule has 4 rings (SSSR count). The van der Waals surface area contributed by atoms with Crippen LogP contribution in [0.25, 0.3) is 33.3 Å². The van der Waals surface area contributed by atoms with Gasteiger partial charge in [-0.05, 0) is 32.4 Å². The normalized spacial score (nSPS) is 11.6. The minimum Gasteiger partial charge on any atom is -0.493 e. The number of benzene rings is 1. The first-order chi connectivity index (χ1) is 16.3. The van der Waals surface area contributed by atoms with Crippen LogP contribution in [-0.4, -0.2) is 52.1 Å². The summed E-state index contributed by atoms with van der Waals surface area (Å²) in [5, 5.41) is 8.23. The lowest BCUT2D eigenvalue weighted by molar-refractivity contribution is -0.124. The average Bonchev–Trinajstić information content (AvgIpc) is 3.24. The second kappa shape index (κ2) is 9.34. The summed E-state index contributed by atoms with van der Waals surface area (Å²) in [5.41, 5.74) is 1.09. The molecule has 1 aromatic carbocycles. The SMILES string of the molecule is CCCNC(=O)C(C)(C)Nc1nc(-c2c[nH]c3ncc(Cl)cc23)nc2cc(OC)c(OC)cc12.[HH].[HH].[HH]. The molecule has 0 aliphatic rings. The number of pyridine rings is 1. The highest BCUT2D eigenvalue weighted by Gasteiger charge is 2.29. The number of methoxy groups -OCH3 is 2. The predicted molar refractivity (Wildman–Crippen MR) is 140 cm³/mol. The van der Waals surface area contributed by atoms with Gasteiger partial charge < -0.3 is 25.1 Å². The number of anilines is 1. The van der Waals surface area contributed by atoms with Gasteiger partial charge in [0.15, 0.2) is 17.3 Å². The number of halogens is 1. The first-order valence-corrected chi connectivity index (χ1v) is 11.3. The van der Waals surface area contributed by atoms with E-state index in [1.165, 1.54) is 0 Å². The standard InChI is InChI=1S/C24H27ClN6O3.3H2/c1-6-7-26-23(32)24(2,3)31-22-15-9-18(33-4)19(34-5)10-17(15)29-21(30-22)16-12-28-20-14(16)8-13(25)11-27-20;;;/h8-12H,6-7H2,1-5H3,(H,26,32)(H,27,28)(H,29,30,31);3*1H. The first kappa shape index (κ1) is 23.6. The van der Waals surface area contributed by atoms with Gasteiger partial charge in [0, 0.05) is 45.6 Å². The molecule has 0 saturated heterocycles. The number of carbonyl (C=O) groups is 1. The van der Waals surface area contributed by atoms with Crippen molar-refractivity contribution in [2.45, 2.75) is 32.7 Å². The topological polar surface area (TPSA) is 114 Å². The number of H-pyrrole nitrogens is 1. The van der Waals surface area contributed by atoms with Crippen molar-refractivity contribution in [1.29, 1.82) is 0 Å². The number of hydrogen-bond donors (Lipinski definition) is 3. The number of fused-ring (bicyclic) bond motifs is 2. The van der Waals surface area contributed by atoms with E-state index >= 15 is 0 Å². The molecule has 0 unspecified atom stereocenters. The van der Waals surface area contributed by atoms with Gasteiger partial charge in [-0.2, -0.15) is 0 Å². The number of rotatable bonds is 8. The van der Waals surface area contributed by atoms with E-state index in [1.807, 2.05) is 26.8 Å². The highest BCUT2D eigenvalue weighted by molar-refractivity contribution is 6.31. The number of ether oxygens (including phenoxy) is 2. The zero-order chi connectivity index (χ0) is 24.5. The number of nitrogens with zero attached hydrogens (tertiary/aromatic N) is 3. The third kappa shape index (κ3) is 4.43. The lowest BCUT2D eigenvalue weighted by atomic mass is 10.0. The van der Waals surface area contributed by atoms with Crippen molar-refractivity contribution in [3.05, 3.63) is 35.6 Å². The van der Waals surface area contributed by atoms with E-state index in [2.05, 4.69) is 20.6 Å². The molecule has 0 radical (unpaired) electrons. The molecule has 34 heavy (non-hydrogen) atoms. The summed E-state index contributed by atoms with van der Waals surface area (Å²) >= 11 is 6.19. The molecule has 0 atom stereocenters. The Bertz CT molecular complexity index is 1380. The summed E-state index contributed by atoms with van der Waals surface area (Å²) in [6.45, 7) is 6.21. The molecule has 3 aromatic heterocycles. The molecule has 1 amide bonds. The van der Waals surface area contributed by atoms with Crippen LogP contribution in [0.2, 0.25) is 5.02 Å². The molecule has 0 aliphatic carbocycles. The number of carbonyl (C=O) groups excluding carboxylic acids is 1. The van der Waals surface area contributed by atoms with E-state index in [4.69, 9.17) is 31.0 Å². The van der Waals surface area contributed by atoms with E-state index < -0.39 is 5.54 Å². The molecule has 9 nitrogen and oxygen atoms in total. The number of aromatic amines is 1. The van der Waals surface area contributed by atoms with E-state index in [-0.39, 0.29) is 10.2 Å². The second-order valence-corrected chi connectivity index (χ2v) is 8.81. The van der Waals surface area contributed by atoms with Crippen LogP contribution < -0.4 is 20.1 Å². The van der Waals surface area contributed by atoms with Gasteiger partial charge in [-0.3, -0.25) is 4.79 Å². The number of hydrogen-bond acceptors (Lipinski definition) is 7. The van der Waals surface area contributed by atoms with Gasteiger partial charge in [0.05, 0.1) is 24.8 Å². The minimum absolute atomic E-state index is 0. The Kier molecular flexibility index (Phi) is 6.47. The highest BCUT2D eigenvalue weighted by atomic mass is 35.5. The van der Waals surface area contributed by atoms with Gasteiger partial charge in [-0.25, -0.2) is 15.0 Å². The van der Waals surface area contributed by atoms with Crippen molar-refractivity contribution in [2.24, 2.45) is 0 Å².